The fourth-order valence-electron chi connectivity index (χ4n) is 3.70. The van der Waals surface area contributed by atoms with Gasteiger partial charge in [0.1, 0.15) is 7.85 Å². The Morgan fingerprint density at radius 1 is 1.27 bits per heavy atom. The first kappa shape index (κ1) is 15.2. The summed E-state index contributed by atoms with van der Waals surface area (Å²) in [4.78, 5) is 12.6. The zero-order valence-electron chi connectivity index (χ0n) is 13.7. The van der Waals surface area contributed by atoms with Gasteiger partial charge in [0.25, 0.3) is 5.91 Å². The van der Waals surface area contributed by atoms with Gasteiger partial charge in [-0.1, -0.05) is 43.3 Å². The van der Waals surface area contributed by atoms with Crippen LogP contribution in [-0.2, 0) is 7.05 Å². The van der Waals surface area contributed by atoms with Gasteiger partial charge in [0, 0.05) is 30.7 Å². The van der Waals surface area contributed by atoms with Gasteiger partial charge in [-0.2, -0.15) is 0 Å². The molecule has 1 saturated carbocycles. The summed E-state index contributed by atoms with van der Waals surface area (Å²) in [7, 11) is 4.08. The number of nitrogens with zero attached hydrogens (tertiary/aromatic N) is 1. The third-order valence-electron chi connectivity index (χ3n) is 4.99. The number of hydrogen-bond acceptors (Lipinski definition) is 1. The predicted molar refractivity (Wildman–Crippen MR) is 94.6 cm³/mol. The average Bonchev–Trinajstić information content (AvgIpc) is 2.70. The van der Waals surface area contributed by atoms with Crippen molar-refractivity contribution in [2.24, 2.45) is 13.0 Å². The van der Waals surface area contributed by atoms with E-state index in [2.05, 4.69) is 25.3 Å². The number of aromatic nitrogens is 1. The van der Waals surface area contributed by atoms with Crippen molar-refractivity contribution in [3.8, 4) is 0 Å². The van der Waals surface area contributed by atoms with Crippen molar-refractivity contribution in [2.75, 3.05) is 6.54 Å². The molecule has 0 bridgehead atoms. The number of amides is 1. The van der Waals surface area contributed by atoms with E-state index < -0.39 is 0 Å². The fourth-order valence-corrected chi connectivity index (χ4v) is 3.70. The Morgan fingerprint density at radius 2 is 2.00 bits per heavy atom. The Balaban J connectivity index is 1.75. The maximum Gasteiger partial charge on any atom is 0.253 e. The Bertz CT molecular complexity index is 669. The van der Waals surface area contributed by atoms with E-state index in [-0.39, 0.29) is 5.91 Å². The monoisotopic (exact) mass is 296 g/mol. The minimum atomic E-state index is 0.0733. The molecule has 1 N–H and O–H groups in total. The molecule has 22 heavy (non-hydrogen) atoms. The molecule has 0 unspecified atom stereocenters. The topological polar surface area (TPSA) is 34.0 Å². The average molecular weight is 296 g/mol. The van der Waals surface area contributed by atoms with Crippen LogP contribution in [-0.4, -0.2) is 24.9 Å². The number of rotatable bonds is 3. The molecular formula is C18H25BN2O. The number of aryl methyl sites for hydroxylation is 1. The molecule has 1 amide bonds. The second-order valence-electron chi connectivity index (χ2n) is 6.69. The molecule has 1 aliphatic rings. The molecule has 3 rings (SSSR count). The lowest BCUT2D eigenvalue weighted by atomic mass is 9.90. The summed E-state index contributed by atoms with van der Waals surface area (Å²) in [6.07, 6.45) is 9.81. The second kappa shape index (κ2) is 6.59. The fraction of sp³-hybridized carbons (Fsp3) is 0.500. The number of carbonyl (C=O) groups excluding carboxylic acids is 1. The Morgan fingerprint density at radius 3 is 2.73 bits per heavy atom. The number of benzene rings is 1. The van der Waals surface area contributed by atoms with Gasteiger partial charge in [-0.05, 0) is 24.8 Å². The van der Waals surface area contributed by atoms with Crippen LogP contribution in [0.5, 0.6) is 0 Å². The minimum absolute atomic E-state index is 0.0733. The Labute approximate surface area is 133 Å². The van der Waals surface area contributed by atoms with Crippen LogP contribution in [0.15, 0.2) is 24.4 Å². The summed E-state index contributed by atoms with van der Waals surface area (Å²) in [5, 5.41) is 4.26. The van der Waals surface area contributed by atoms with E-state index in [9.17, 15) is 4.79 Å². The molecule has 0 atom stereocenters. The van der Waals surface area contributed by atoms with Gasteiger partial charge in [0.15, 0.2) is 0 Å². The van der Waals surface area contributed by atoms with Crippen molar-refractivity contribution in [1.82, 2.24) is 9.88 Å². The quantitative estimate of drug-likeness (QED) is 0.683. The highest BCUT2D eigenvalue weighted by Gasteiger charge is 2.17. The molecular weight excluding hydrogens is 271 g/mol. The zero-order chi connectivity index (χ0) is 15.5. The SMILES string of the molecule is Bc1cccc2c1c(C(=O)NCC1CCCCCC1)cn2C. The molecule has 0 aliphatic heterocycles. The van der Waals surface area contributed by atoms with Gasteiger partial charge in [0.05, 0.1) is 5.56 Å². The van der Waals surface area contributed by atoms with E-state index in [4.69, 9.17) is 0 Å². The van der Waals surface area contributed by atoms with Crippen molar-refractivity contribution >= 4 is 30.1 Å². The first-order chi connectivity index (χ1) is 10.7. The van der Waals surface area contributed by atoms with Crippen LogP contribution >= 0.6 is 0 Å². The Hall–Kier alpha value is -1.71. The van der Waals surface area contributed by atoms with Crippen molar-refractivity contribution in [3.05, 3.63) is 30.0 Å². The van der Waals surface area contributed by atoms with Crippen LogP contribution in [0, 0.1) is 5.92 Å². The van der Waals surface area contributed by atoms with E-state index in [1.807, 2.05) is 23.9 Å². The molecule has 1 fully saturated rings. The summed E-state index contributed by atoms with van der Waals surface area (Å²) in [5.74, 6) is 0.728. The number of hydrogen-bond donors (Lipinski definition) is 1. The van der Waals surface area contributed by atoms with Crippen molar-refractivity contribution < 1.29 is 4.79 Å². The number of nitrogens with one attached hydrogen (secondary N) is 1. The van der Waals surface area contributed by atoms with Crippen molar-refractivity contribution in [2.45, 2.75) is 38.5 Å². The standard InChI is InChI=1S/C18H25BN2O/c1-21-12-14(17-15(19)9-6-10-16(17)21)18(22)20-11-13-7-4-2-3-5-8-13/h6,9-10,12-13H,2-5,7-8,11,19H2,1H3,(H,20,22). The number of carbonyl (C=O) groups is 1. The molecule has 1 aromatic heterocycles. The first-order valence-corrected chi connectivity index (χ1v) is 8.49. The van der Waals surface area contributed by atoms with Gasteiger partial charge in [0.2, 0.25) is 0 Å². The second-order valence-corrected chi connectivity index (χ2v) is 6.69. The van der Waals surface area contributed by atoms with Crippen molar-refractivity contribution in [1.29, 1.82) is 0 Å². The van der Waals surface area contributed by atoms with Gasteiger partial charge < -0.3 is 9.88 Å². The molecule has 0 saturated heterocycles. The van der Waals surface area contributed by atoms with Crippen LogP contribution in [0.4, 0.5) is 0 Å². The largest absolute Gasteiger partial charge is 0.352 e. The molecule has 4 heteroatoms. The molecule has 2 aromatic rings. The maximum atomic E-state index is 12.6. The molecule has 0 radical (unpaired) electrons. The van der Waals surface area contributed by atoms with Crippen LogP contribution in [0.25, 0.3) is 10.9 Å². The van der Waals surface area contributed by atoms with Crippen LogP contribution in [0.2, 0.25) is 0 Å². The predicted octanol–water partition coefficient (Wildman–Crippen LogP) is 2.14. The lowest BCUT2D eigenvalue weighted by Crippen LogP contribution is -2.29. The lowest BCUT2D eigenvalue weighted by Gasteiger charge is -2.14. The van der Waals surface area contributed by atoms with Crippen LogP contribution in [0.1, 0.15) is 48.9 Å². The van der Waals surface area contributed by atoms with Crippen LogP contribution in [0.3, 0.4) is 0 Å². The Kier molecular flexibility index (Phi) is 4.56. The van der Waals surface area contributed by atoms with E-state index in [0.29, 0.717) is 5.92 Å². The molecule has 1 aliphatic carbocycles. The highest BCUT2D eigenvalue weighted by Crippen LogP contribution is 2.23. The highest BCUT2D eigenvalue weighted by molar-refractivity contribution is 6.40. The summed E-state index contributed by atoms with van der Waals surface area (Å²) in [5.41, 5.74) is 3.10. The molecule has 0 spiro atoms. The van der Waals surface area contributed by atoms with Gasteiger partial charge >= 0.3 is 0 Å². The van der Waals surface area contributed by atoms with E-state index in [1.165, 1.54) is 38.5 Å². The normalized spacial score (nSPS) is 16.6. The summed E-state index contributed by atoms with van der Waals surface area (Å²) < 4.78 is 2.04. The molecule has 3 nitrogen and oxygen atoms in total. The molecule has 1 aromatic carbocycles. The smallest absolute Gasteiger partial charge is 0.253 e. The van der Waals surface area contributed by atoms with E-state index >= 15 is 0 Å². The third kappa shape index (κ3) is 3.06. The van der Waals surface area contributed by atoms with Gasteiger partial charge in [-0.3, -0.25) is 4.79 Å². The van der Waals surface area contributed by atoms with Crippen molar-refractivity contribution in [3.63, 3.8) is 0 Å². The number of fused-ring (bicyclic) bond motifs is 1. The zero-order valence-corrected chi connectivity index (χ0v) is 13.7. The maximum absolute atomic E-state index is 12.6. The molecule has 1 heterocycles. The van der Waals surface area contributed by atoms with Crippen LogP contribution < -0.4 is 10.8 Å². The third-order valence-corrected chi connectivity index (χ3v) is 4.99. The van der Waals surface area contributed by atoms with E-state index in [1.54, 1.807) is 0 Å². The van der Waals surface area contributed by atoms with Gasteiger partial charge in [-0.15, -0.1) is 0 Å². The summed E-state index contributed by atoms with van der Waals surface area (Å²) in [6.45, 7) is 0.821. The van der Waals surface area contributed by atoms with Gasteiger partial charge in [-0.25, -0.2) is 0 Å². The lowest BCUT2D eigenvalue weighted by molar-refractivity contribution is 0.0947. The summed E-state index contributed by atoms with van der Waals surface area (Å²) in [6, 6.07) is 6.19. The van der Waals surface area contributed by atoms with E-state index in [0.717, 1.165) is 28.5 Å². The highest BCUT2D eigenvalue weighted by atomic mass is 16.1. The molecule has 116 valence electrons. The first-order valence-electron chi connectivity index (χ1n) is 8.49. The summed E-state index contributed by atoms with van der Waals surface area (Å²) >= 11 is 0. The minimum Gasteiger partial charge on any atom is -0.352 e.